The van der Waals surface area contributed by atoms with Gasteiger partial charge in [0.1, 0.15) is 20.1 Å². The molecule has 1 saturated heterocycles. The first-order chi connectivity index (χ1) is 9.89. The van der Waals surface area contributed by atoms with Crippen LogP contribution in [0.25, 0.3) is 0 Å². The smallest absolute Gasteiger partial charge is 0.361 e. The number of ether oxygens (including phenoxy) is 1. The van der Waals surface area contributed by atoms with Crippen LogP contribution in [0.5, 0.6) is 0 Å². The predicted octanol–water partition coefficient (Wildman–Crippen LogP) is 1.37. The largest absolute Gasteiger partial charge is 0.387 e. The third kappa shape index (κ3) is 4.07. The van der Waals surface area contributed by atoms with E-state index in [-0.39, 0.29) is 12.8 Å². The van der Waals surface area contributed by atoms with Crippen molar-refractivity contribution in [2.24, 2.45) is 0 Å². The fraction of sp³-hybridized carbons (Fsp3) is 1.00. The minimum atomic E-state index is -4.72. The van der Waals surface area contributed by atoms with Crippen molar-refractivity contribution in [1.82, 2.24) is 0 Å². The van der Waals surface area contributed by atoms with Gasteiger partial charge in [0.2, 0.25) is 5.85 Å². The molecule has 1 fully saturated rings. The van der Waals surface area contributed by atoms with Gasteiger partial charge in [-0.05, 0) is 13.3 Å². The van der Waals surface area contributed by atoms with Crippen LogP contribution < -0.4 is 0 Å². The van der Waals surface area contributed by atoms with E-state index in [2.05, 4.69) is 4.52 Å². The highest BCUT2D eigenvalue weighted by atomic mass is 31.2. The fourth-order valence-corrected chi connectivity index (χ4v) is 3.24. The number of rotatable bonds is 7. The Morgan fingerprint density at radius 3 is 2.32 bits per heavy atom. The molecule has 3 N–H and O–H groups in total. The summed E-state index contributed by atoms with van der Waals surface area (Å²) >= 11 is 0. The summed E-state index contributed by atoms with van der Waals surface area (Å²) in [6, 6.07) is -1.40. The topological polar surface area (TPSA) is 96.2 Å². The van der Waals surface area contributed by atoms with Crippen molar-refractivity contribution < 1.29 is 37.7 Å². The van der Waals surface area contributed by atoms with Crippen LogP contribution in [0.4, 0.5) is 8.78 Å². The van der Waals surface area contributed by atoms with E-state index in [9.17, 15) is 28.5 Å². The standard InChI is InChI=1S/C12H22BF2O6P/c1-4-11(3,17)22(18,19)21-12(15,5-2)6-7-9(16)8(14)10(13)20-7/h7-10,16-17H,4-6H2,1-3H3,(H,18,19)/t7-,8-,9-,10-,11-,12?/m1/s1. The van der Waals surface area contributed by atoms with E-state index in [1.54, 1.807) is 0 Å². The molecule has 0 saturated carbocycles. The molecule has 1 heterocycles. The lowest BCUT2D eigenvalue weighted by atomic mass is 9.93. The van der Waals surface area contributed by atoms with Crippen LogP contribution in [-0.4, -0.2) is 58.5 Å². The van der Waals surface area contributed by atoms with E-state index in [0.717, 1.165) is 6.92 Å². The molecule has 2 unspecified atom stereocenters. The van der Waals surface area contributed by atoms with Crippen molar-refractivity contribution in [3.05, 3.63) is 0 Å². The monoisotopic (exact) mass is 342 g/mol. The van der Waals surface area contributed by atoms with E-state index < -0.39 is 49.6 Å². The molecule has 0 aliphatic carbocycles. The summed E-state index contributed by atoms with van der Waals surface area (Å²) in [4.78, 5) is 9.79. The maximum atomic E-state index is 14.7. The average molecular weight is 342 g/mol. The third-order valence-corrected chi connectivity index (χ3v) is 6.06. The molecule has 0 aromatic carbocycles. The van der Waals surface area contributed by atoms with Gasteiger partial charge in [0.15, 0.2) is 5.34 Å². The zero-order chi connectivity index (χ0) is 17.3. The molecule has 7 atom stereocenters. The van der Waals surface area contributed by atoms with Crippen LogP contribution in [-0.2, 0) is 13.8 Å². The minimum absolute atomic E-state index is 0.138. The highest BCUT2D eigenvalue weighted by Gasteiger charge is 2.51. The number of hydrogen-bond acceptors (Lipinski definition) is 5. The number of aliphatic hydroxyl groups is 2. The van der Waals surface area contributed by atoms with Gasteiger partial charge in [-0.15, -0.1) is 0 Å². The second kappa shape index (κ2) is 6.83. The molecule has 1 rings (SSSR count). The van der Waals surface area contributed by atoms with Gasteiger partial charge in [-0.3, -0.25) is 9.09 Å². The van der Waals surface area contributed by atoms with Gasteiger partial charge >= 0.3 is 7.60 Å². The van der Waals surface area contributed by atoms with Crippen LogP contribution in [0.3, 0.4) is 0 Å². The van der Waals surface area contributed by atoms with Crippen LogP contribution in [0.2, 0.25) is 0 Å². The lowest BCUT2D eigenvalue weighted by Gasteiger charge is -2.34. The molecule has 6 nitrogen and oxygen atoms in total. The van der Waals surface area contributed by atoms with Crippen molar-refractivity contribution in [2.45, 2.75) is 75.6 Å². The van der Waals surface area contributed by atoms with Crippen LogP contribution in [0.1, 0.15) is 40.0 Å². The number of hydrogen-bond donors (Lipinski definition) is 3. The Kier molecular flexibility index (Phi) is 6.21. The Morgan fingerprint density at radius 2 is 1.95 bits per heavy atom. The van der Waals surface area contributed by atoms with Crippen LogP contribution in [0, 0.1) is 0 Å². The summed E-state index contributed by atoms with van der Waals surface area (Å²) in [6.07, 6.45) is -6.06. The first-order valence-corrected chi connectivity index (χ1v) is 8.65. The van der Waals surface area contributed by atoms with Crippen molar-refractivity contribution in [3.63, 3.8) is 0 Å². The Hall–Kier alpha value is -0.0451. The van der Waals surface area contributed by atoms with Gasteiger partial charge in [0.25, 0.3) is 0 Å². The fourth-order valence-electron chi connectivity index (χ4n) is 1.99. The van der Waals surface area contributed by atoms with Crippen LogP contribution >= 0.6 is 7.60 Å². The summed E-state index contributed by atoms with van der Waals surface area (Å²) in [7, 11) is 0.551. The molecule has 0 amide bonds. The summed E-state index contributed by atoms with van der Waals surface area (Å²) in [5, 5.41) is 17.3. The van der Waals surface area contributed by atoms with Gasteiger partial charge < -0.3 is 19.8 Å². The first-order valence-electron chi connectivity index (χ1n) is 7.07. The van der Waals surface area contributed by atoms with Gasteiger partial charge in [0, 0.05) is 12.8 Å². The zero-order valence-corrected chi connectivity index (χ0v) is 13.7. The number of aliphatic hydroxyl groups excluding tert-OH is 1. The Morgan fingerprint density at radius 1 is 1.41 bits per heavy atom. The van der Waals surface area contributed by atoms with E-state index in [0.29, 0.717) is 0 Å². The summed E-state index contributed by atoms with van der Waals surface area (Å²) < 4.78 is 49.8. The van der Waals surface area contributed by atoms with E-state index in [1.165, 1.54) is 13.8 Å². The van der Waals surface area contributed by atoms with E-state index >= 15 is 0 Å². The van der Waals surface area contributed by atoms with E-state index in [1.807, 2.05) is 0 Å². The summed E-state index contributed by atoms with van der Waals surface area (Å²) in [6.45, 7) is 3.84. The molecule has 1 aliphatic heterocycles. The normalized spacial score (nSPS) is 37.3. The molecule has 0 bridgehead atoms. The lowest BCUT2D eigenvalue weighted by Crippen LogP contribution is -2.38. The van der Waals surface area contributed by atoms with Crippen LogP contribution in [0.15, 0.2) is 0 Å². The molecule has 0 spiro atoms. The van der Waals surface area contributed by atoms with Crippen molar-refractivity contribution >= 4 is 15.4 Å². The molecule has 2 radical (unpaired) electrons. The molecule has 128 valence electrons. The molecule has 0 aromatic rings. The van der Waals surface area contributed by atoms with Gasteiger partial charge in [-0.25, -0.2) is 8.78 Å². The first kappa shape index (κ1) is 20.0. The molecule has 1 aliphatic rings. The Bertz CT molecular complexity index is 440. The maximum Gasteiger partial charge on any atom is 0.361 e. The number of alkyl halides is 2. The van der Waals surface area contributed by atoms with E-state index in [4.69, 9.17) is 12.6 Å². The predicted molar refractivity (Wildman–Crippen MR) is 75.9 cm³/mol. The van der Waals surface area contributed by atoms with Crippen molar-refractivity contribution in [3.8, 4) is 0 Å². The molecule has 10 heteroatoms. The lowest BCUT2D eigenvalue weighted by molar-refractivity contribution is -0.124. The Labute approximate surface area is 129 Å². The molecular weight excluding hydrogens is 320 g/mol. The molecular formula is C12H22BF2O6P. The highest BCUT2D eigenvalue weighted by molar-refractivity contribution is 7.54. The quantitative estimate of drug-likeness (QED) is 0.478. The second-order valence-corrected chi connectivity index (χ2v) is 7.88. The van der Waals surface area contributed by atoms with Gasteiger partial charge in [-0.2, -0.15) is 0 Å². The minimum Gasteiger partial charge on any atom is -0.387 e. The third-order valence-electron chi connectivity index (χ3n) is 3.95. The van der Waals surface area contributed by atoms with Crippen molar-refractivity contribution in [2.75, 3.05) is 0 Å². The second-order valence-electron chi connectivity index (χ2n) is 5.70. The zero-order valence-electron chi connectivity index (χ0n) is 12.8. The molecule has 22 heavy (non-hydrogen) atoms. The van der Waals surface area contributed by atoms with Gasteiger partial charge in [0.05, 0.1) is 12.1 Å². The highest BCUT2D eigenvalue weighted by Crippen LogP contribution is 2.59. The van der Waals surface area contributed by atoms with Crippen molar-refractivity contribution in [1.29, 1.82) is 0 Å². The maximum absolute atomic E-state index is 14.7. The van der Waals surface area contributed by atoms with Gasteiger partial charge in [-0.1, -0.05) is 13.8 Å². The SMILES string of the molecule is [B][C@@H]1O[C@H](CC(F)(CC)OP(=O)(O)[C@@](C)(O)CC)[C@@H](O)[C@H]1F. The number of halogens is 2. The molecule has 0 aromatic heterocycles. The summed E-state index contributed by atoms with van der Waals surface area (Å²) in [5.41, 5.74) is 0. The Balaban J connectivity index is 2.87. The average Bonchev–Trinajstić information content (AvgIpc) is 2.65. The summed E-state index contributed by atoms with van der Waals surface area (Å²) in [5.74, 6) is -2.68.